The molecule has 1 amide bonds. The van der Waals surface area contributed by atoms with E-state index < -0.39 is 30.4 Å². The molecule has 0 bridgehead atoms. The average Bonchev–Trinajstić information content (AvgIpc) is 3.35. The number of methoxy groups -OCH3 is 1. The molecule has 1 atom stereocenters. The molecule has 0 saturated carbocycles. The number of halogens is 6. The van der Waals surface area contributed by atoms with Crippen LogP contribution in [-0.2, 0) is 16.1 Å². The van der Waals surface area contributed by atoms with Gasteiger partial charge in [0.05, 0.1) is 19.7 Å². The van der Waals surface area contributed by atoms with Gasteiger partial charge in [0.2, 0.25) is 11.8 Å². The van der Waals surface area contributed by atoms with E-state index in [0.29, 0.717) is 5.56 Å². The third kappa shape index (κ3) is 6.87. The maximum absolute atomic E-state index is 14.4. The predicted molar refractivity (Wildman–Crippen MR) is 99.1 cm³/mol. The first-order valence-electron chi connectivity index (χ1n) is 9.51. The fraction of sp³-hybridized carbons (Fsp3) is 0.611. The maximum atomic E-state index is 14.4. The van der Waals surface area contributed by atoms with Gasteiger partial charge in [0.15, 0.2) is 11.6 Å². The van der Waals surface area contributed by atoms with E-state index in [1.807, 2.05) is 0 Å². The molecule has 0 aliphatic carbocycles. The Morgan fingerprint density at radius 1 is 1.41 bits per heavy atom. The number of carboxylic acid groups (broad SMARTS) is 1. The van der Waals surface area contributed by atoms with Crippen LogP contribution in [0.25, 0.3) is 0 Å². The number of nitrogens with one attached hydrogen (secondary N) is 2. The van der Waals surface area contributed by atoms with Crippen molar-refractivity contribution in [2.75, 3.05) is 31.6 Å². The van der Waals surface area contributed by atoms with E-state index in [4.69, 9.17) is 14.6 Å². The van der Waals surface area contributed by atoms with Crippen molar-refractivity contribution >= 4 is 17.7 Å². The molecule has 1 aromatic heterocycles. The van der Waals surface area contributed by atoms with E-state index >= 15 is 0 Å². The molecule has 8 nitrogen and oxygen atoms in total. The Kier molecular flexibility index (Phi) is 8.15. The lowest BCUT2D eigenvalue weighted by Crippen LogP contribution is -2.40. The summed E-state index contributed by atoms with van der Waals surface area (Å²) in [6.07, 6.45) is -3.72. The van der Waals surface area contributed by atoms with Crippen LogP contribution in [0.5, 0.6) is 5.88 Å². The molecule has 32 heavy (non-hydrogen) atoms. The molecule has 2 fully saturated rings. The summed E-state index contributed by atoms with van der Waals surface area (Å²) in [5, 5.41) is 12.9. The first-order valence-corrected chi connectivity index (χ1v) is 9.51. The van der Waals surface area contributed by atoms with Crippen molar-refractivity contribution in [2.45, 2.75) is 43.9 Å². The zero-order chi connectivity index (χ0) is 24.1. The Labute approximate surface area is 178 Å². The number of ether oxygens (including phenoxy) is 1. The van der Waals surface area contributed by atoms with Gasteiger partial charge in [0.25, 0.3) is 5.92 Å². The molecule has 2 saturated heterocycles. The van der Waals surface area contributed by atoms with Gasteiger partial charge < -0.3 is 25.4 Å². The van der Waals surface area contributed by atoms with Crippen LogP contribution in [0.4, 0.5) is 32.2 Å². The van der Waals surface area contributed by atoms with Crippen molar-refractivity contribution in [3.63, 3.8) is 0 Å². The molecule has 3 rings (SSSR count). The highest BCUT2D eigenvalue weighted by Crippen LogP contribution is 2.33. The van der Waals surface area contributed by atoms with Crippen molar-refractivity contribution in [3.8, 4) is 5.88 Å². The van der Waals surface area contributed by atoms with Crippen molar-refractivity contribution in [1.29, 1.82) is 0 Å². The van der Waals surface area contributed by atoms with Gasteiger partial charge in [0, 0.05) is 25.1 Å². The molecule has 180 valence electrons. The highest BCUT2D eigenvalue weighted by molar-refractivity contribution is 5.82. The molecule has 3 N–H and O–H groups in total. The fourth-order valence-corrected chi connectivity index (χ4v) is 3.16. The second-order valence-corrected chi connectivity index (χ2v) is 7.16. The zero-order valence-corrected chi connectivity index (χ0v) is 16.9. The van der Waals surface area contributed by atoms with Crippen LogP contribution in [0.15, 0.2) is 6.07 Å². The van der Waals surface area contributed by atoms with E-state index in [1.165, 1.54) is 18.1 Å². The summed E-state index contributed by atoms with van der Waals surface area (Å²) in [6.45, 7) is 0.320. The Balaban J connectivity index is 0.000000451. The van der Waals surface area contributed by atoms with Crippen LogP contribution in [-0.4, -0.2) is 66.9 Å². The topological polar surface area (TPSA) is 104 Å². The summed E-state index contributed by atoms with van der Waals surface area (Å²) in [5.41, 5.74) is 0.362. The van der Waals surface area contributed by atoms with Gasteiger partial charge in [-0.05, 0) is 25.5 Å². The van der Waals surface area contributed by atoms with Crippen LogP contribution < -0.4 is 20.3 Å². The van der Waals surface area contributed by atoms with E-state index in [1.54, 1.807) is 0 Å². The summed E-state index contributed by atoms with van der Waals surface area (Å²) in [7, 11) is 1.37. The molecule has 2 aliphatic rings. The first-order chi connectivity index (χ1) is 14.8. The second-order valence-electron chi connectivity index (χ2n) is 7.16. The summed E-state index contributed by atoms with van der Waals surface area (Å²) < 4.78 is 78.0. The number of carboxylic acids is 1. The molecule has 0 aromatic carbocycles. The highest BCUT2D eigenvalue weighted by atomic mass is 19.4. The van der Waals surface area contributed by atoms with Gasteiger partial charge in [-0.2, -0.15) is 18.2 Å². The maximum Gasteiger partial charge on any atom is 0.490 e. The minimum Gasteiger partial charge on any atom is -0.481 e. The average molecular weight is 472 g/mol. The minimum atomic E-state index is -5.08. The summed E-state index contributed by atoms with van der Waals surface area (Å²) in [5.74, 6) is -6.51. The SMILES string of the molecule is COc1nc(N2CCC(F)(F)C2)c(F)cc1CNC(=O)[C@@H]1CCCN1.O=C(O)C(F)(F)F. The molecular formula is C18H22F6N4O4. The number of hydrogen-bond acceptors (Lipinski definition) is 6. The summed E-state index contributed by atoms with van der Waals surface area (Å²) >= 11 is 0. The molecule has 14 heteroatoms. The van der Waals surface area contributed by atoms with Crippen LogP contribution in [0.1, 0.15) is 24.8 Å². The summed E-state index contributed by atoms with van der Waals surface area (Å²) in [4.78, 5) is 26.2. The lowest BCUT2D eigenvalue weighted by molar-refractivity contribution is -0.192. The Hall–Kier alpha value is -2.77. The Bertz CT molecular complexity index is 830. The van der Waals surface area contributed by atoms with Crippen LogP contribution in [0.2, 0.25) is 0 Å². The van der Waals surface area contributed by atoms with Gasteiger partial charge in [-0.3, -0.25) is 4.79 Å². The van der Waals surface area contributed by atoms with Gasteiger partial charge in [-0.1, -0.05) is 0 Å². The standard InChI is InChI=1S/C16H21F3N4O2.C2HF3O2/c1-25-15-10(8-21-14(24)12-3-2-5-20-12)7-11(17)13(22-15)23-6-4-16(18,19)9-23;3-2(4,5)1(6)7/h7,12,20H,2-6,8-9H2,1H3,(H,21,24);(H,6,7)/t12-;/m0./s1. The number of hydrogen-bond donors (Lipinski definition) is 3. The number of amides is 1. The lowest BCUT2D eigenvalue weighted by Gasteiger charge is -2.20. The third-order valence-electron chi connectivity index (χ3n) is 4.73. The number of carbonyl (C=O) groups is 2. The molecule has 0 unspecified atom stereocenters. The molecule has 3 heterocycles. The van der Waals surface area contributed by atoms with E-state index in [-0.39, 0.29) is 43.2 Å². The Morgan fingerprint density at radius 2 is 2.06 bits per heavy atom. The van der Waals surface area contributed by atoms with Crippen molar-refractivity contribution in [2.24, 2.45) is 0 Å². The predicted octanol–water partition coefficient (Wildman–Crippen LogP) is 2.08. The molecule has 0 radical (unpaired) electrons. The number of carbonyl (C=O) groups excluding carboxylic acids is 1. The number of pyridine rings is 1. The van der Waals surface area contributed by atoms with Gasteiger partial charge in [-0.25, -0.2) is 18.0 Å². The minimum absolute atomic E-state index is 0.0313. The number of anilines is 1. The fourth-order valence-electron chi connectivity index (χ4n) is 3.16. The van der Waals surface area contributed by atoms with Crippen molar-refractivity contribution < 1.29 is 45.8 Å². The van der Waals surface area contributed by atoms with E-state index in [9.17, 15) is 31.1 Å². The van der Waals surface area contributed by atoms with Crippen LogP contribution in [0, 0.1) is 5.82 Å². The van der Waals surface area contributed by atoms with Gasteiger partial charge >= 0.3 is 12.1 Å². The second kappa shape index (κ2) is 10.2. The number of alkyl halides is 5. The van der Waals surface area contributed by atoms with Gasteiger partial charge in [0.1, 0.15) is 0 Å². The number of aliphatic carboxylic acids is 1. The molecular weight excluding hydrogens is 450 g/mol. The van der Waals surface area contributed by atoms with E-state index in [2.05, 4.69) is 15.6 Å². The summed E-state index contributed by atoms with van der Waals surface area (Å²) in [6, 6.07) is 0.940. The quantitative estimate of drug-likeness (QED) is 0.564. The Morgan fingerprint density at radius 3 is 2.53 bits per heavy atom. The number of aromatic nitrogens is 1. The zero-order valence-electron chi connectivity index (χ0n) is 16.9. The van der Waals surface area contributed by atoms with Crippen molar-refractivity contribution in [1.82, 2.24) is 15.6 Å². The van der Waals surface area contributed by atoms with Gasteiger partial charge in [-0.15, -0.1) is 0 Å². The lowest BCUT2D eigenvalue weighted by atomic mass is 10.2. The molecule has 0 spiro atoms. The largest absolute Gasteiger partial charge is 0.490 e. The molecule has 1 aromatic rings. The highest BCUT2D eigenvalue weighted by Gasteiger charge is 2.40. The monoisotopic (exact) mass is 472 g/mol. The smallest absolute Gasteiger partial charge is 0.481 e. The third-order valence-corrected chi connectivity index (χ3v) is 4.73. The van der Waals surface area contributed by atoms with Crippen molar-refractivity contribution in [3.05, 3.63) is 17.4 Å². The molecule has 2 aliphatic heterocycles. The van der Waals surface area contributed by atoms with E-state index in [0.717, 1.165) is 19.4 Å². The van der Waals surface area contributed by atoms with Crippen LogP contribution >= 0.6 is 0 Å². The first kappa shape index (κ1) is 25.5. The van der Waals surface area contributed by atoms with Crippen LogP contribution in [0.3, 0.4) is 0 Å². The number of rotatable bonds is 5. The number of nitrogens with zero attached hydrogens (tertiary/aromatic N) is 2. The normalized spacial score (nSPS) is 19.8.